The van der Waals surface area contributed by atoms with Gasteiger partial charge >= 0.3 is 5.97 Å². The van der Waals surface area contributed by atoms with Crippen molar-refractivity contribution < 1.29 is 34.4 Å². The van der Waals surface area contributed by atoms with Crippen LogP contribution in [0.3, 0.4) is 0 Å². The first-order chi connectivity index (χ1) is 6.30. The minimum atomic E-state index is -2.95. The lowest BCUT2D eigenvalue weighted by Gasteiger charge is -2.36. The lowest BCUT2D eigenvalue weighted by molar-refractivity contribution is -0.193. The van der Waals surface area contributed by atoms with Crippen molar-refractivity contribution in [3.8, 4) is 0 Å². The molecule has 0 aromatic heterocycles. The Balaban J connectivity index is 3.02. The molecule has 7 heteroatoms. The van der Waals surface area contributed by atoms with Gasteiger partial charge in [0, 0.05) is 0 Å². The number of alkyl halides is 1. The minimum Gasteiger partial charge on any atom is -0.479 e. The first-order valence-electron chi connectivity index (χ1n) is 3.79. The second kappa shape index (κ2) is 3.26. The zero-order chi connectivity index (χ0) is 11.1. The Bertz CT molecular complexity index is 279. The van der Waals surface area contributed by atoms with Crippen molar-refractivity contribution in [1.29, 1.82) is 0 Å². The normalized spacial score (nSPS) is 43.7. The average molecular weight is 208 g/mol. The van der Waals surface area contributed by atoms with Crippen LogP contribution in [0.5, 0.6) is 0 Å². The van der Waals surface area contributed by atoms with Crippen molar-refractivity contribution in [3.05, 3.63) is 0 Å². The summed E-state index contributed by atoms with van der Waals surface area (Å²) < 4.78 is 13.1. The molecule has 80 valence electrons. The van der Waals surface area contributed by atoms with Crippen LogP contribution >= 0.6 is 0 Å². The molecule has 0 aromatic carbocycles. The Morgan fingerprint density at radius 1 is 1.50 bits per heavy atom. The fraction of sp³-hybridized carbons (Fsp3) is 0.714. The SMILES string of the molecule is O=C1C[C@@](O)(C(=O)O)[C@H](F)[C@@H](O)[C@@H]1O. The summed E-state index contributed by atoms with van der Waals surface area (Å²) in [5.74, 6) is -3.04. The van der Waals surface area contributed by atoms with E-state index in [-0.39, 0.29) is 0 Å². The maximum Gasteiger partial charge on any atom is 0.339 e. The van der Waals surface area contributed by atoms with Crippen LogP contribution in [-0.4, -0.2) is 56.2 Å². The van der Waals surface area contributed by atoms with Crippen molar-refractivity contribution in [2.75, 3.05) is 0 Å². The van der Waals surface area contributed by atoms with E-state index < -0.39 is 42.2 Å². The Kier molecular flexibility index (Phi) is 2.57. The van der Waals surface area contributed by atoms with Gasteiger partial charge in [0.1, 0.15) is 12.2 Å². The first-order valence-corrected chi connectivity index (χ1v) is 3.79. The Morgan fingerprint density at radius 2 is 2.00 bits per heavy atom. The summed E-state index contributed by atoms with van der Waals surface area (Å²) in [4.78, 5) is 21.3. The summed E-state index contributed by atoms with van der Waals surface area (Å²) in [6, 6.07) is 0. The Hall–Kier alpha value is -1.05. The van der Waals surface area contributed by atoms with E-state index >= 15 is 0 Å². The van der Waals surface area contributed by atoms with Gasteiger partial charge in [-0.3, -0.25) is 4.79 Å². The van der Waals surface area contributed by atoms with Crippen LogP contribution in [0.2, 0.25) is 0 Å². The van der Waals surface area contributed by atoms with Crippen molar-refractivity contribution in [2.24, 2.45) is 0 Å². The van der Waals surface area contributed by atoms with Gasteiger partial charge in [0.15, 0.2) is 12.0 Å². The van der Waals surface area contributed by atoms with Crippen LogP contribution in [0.25, 0.3) is 0 Å². The Labute approximate surface area is 77.6 Å². The van der Waals surface area contributed by atoms with Gasteiger partial charge in [-0.1, -0.05) is 0 Å². The molecule has 0 amide bonds. The molecule has 6 nitrogen and oxygen atoms in total. The van der Waals surface area contributed by atoms with E-state index in [9.17, 15) is 19.1 Å². The predicted molar refractivity (Wildman–Crippen MR) is 39.1 cm³/mol. The second-order valence-electron chi connectivity index (χ2n) is 3.21. The number of carbonyl (C=O) groups excluding carboxylic acids is 1. The van der Waals surface area contributed by atoms with Gasteiger partial charge < -0.3 is 20.4 Å². The molecule has 4 N–H and O–H groups in total. The van der Waals surface area contributed by atoms with Gasteiger partial charge in [0.25, 0.3) is 0 Å². The molecular formula is C7H9FO6. The fourth-order valence-corrected chi connectivity index (χ4v) is 1.29. The number of halogens is 1. The number of carbonyl (C=O) groups is 2. The molecule has 0 unspecified atom stereocenters. The molecule has 0 aliphatic heterocycles. The third-order valence-corrected chi connectivity index (χ3v) is 2.22. The standard InChI is InChI=1S/C7H9FO6/c8-5-4(11)3(10)2(9)1-7(5,14)6(12)13/h3-5,10-11,14H,1H2,(H,12,13)/t3-,4+,5-,7+/m1/s1. The summed E-state index contributed by atoms with van der Waals surface area (Å²) in [5, 5.41) is 35.5. The predicted octanol–water partition coefficient (Wildman–Crippen LogP) is -2.17. The molecular weight excluding hydrogens is 199 g/mol. The maximum absolute atomic E-state index is 13.1. The van der Waals surface area contributed by atoms with Crippen molar-refractivity contribution >= 4 is 11.8 Å². The monoisotopic (exact) mass is 208 g/mol. The van der Waals surface area contributed by atoms with E-state index in [4.69, 9.17) is 15.3 Å². The quantitative estimate of drug-likeness (QED) is 0.390. The summed E-state index contributed by atoms with van der Waals surface area (Å²) in [6.07, 6.45) is -7.84. The van der Waals surface area contributed by atoms with E-state index in [2.05, 4.69) is 0 Å². The molecule has 4 atom stereocenters. The molecule has 14 heavy (non-hydrogen) atoms. The number of carboxylic acids is 1. The number of hydrogen-bond acceptors (Lipinski definition) is 5. The zero-order valence-corrected chi connectivity index (χ0v) is 6.92. The molecule has 1 saturated carbocycles. The average Bonchev–Trinajstić information content (AvgIpc) is 2.11. The van der Waals surface area contributed by atoms with Crippen LogP contribution < -0.4 is 0 Å². The summed E-state index contributed by atoms with van der Waals surface area (Å²) in [6.45, 7) is 0. The lowest BCUT2D eigenvalue weighted by atomic mass is 9.79. The van der Waals surface area contributed by atoms with E-state index in [0.29, 0.717) is 0 Å². The highest BCUT2D eigenvalue weighted by atomic mass is 19.1. The molecule has 0 heterocycles. The summed E-state index contributed by atoms with van der Waals surface area (Å²) in [7, 11) is 0. The molecule has 1 fully saturated rings. The third-order valence-electron chi connectivity index (χ3n) is 2.22. The summed E-state index contributed by atoms with van der Waals surface area (Å²) >= 11 is 0. The lowest BCUT2D eigenvalue weighted by Crippen LogP contribution is -2.62. The fourth-order valence-electron chi connectivity index (χ4n) is 1.29. The maximum atomic E-state index is 13.1. The van der Waals surface area contributed by atoms with Gasteiger partial charge in [-0.15, -0.1) is 0 Å². The molecule has 1 rings (SSSR count). The molecule has 0 saturated heterocycles. The van der Waals surface area contributed by atoms with Gasteiger partial charge in [-0.25, -0.2) is 9.18 Å². The Morgan fingerprint density at radius 3 is 2.43 bits per heavy atom. The highest BCUT2D eigenvalue weighted by Crippen LogP contribution is 2.29. The number of Topliss-reactive ketones (excluding diaryl/α,β-unsaturated/α-hetero) is 1. The van der Waals surface area contributed by atoms with E-state index in [1.807, 2.05) is 0 Å². The van der Waals surface area contributed by atoms with Crippen LogP contribution in [0, 0.1) is 0 Å². The minimum absolute atomic E-state index is 1.05. The van der Waals surface area contributed by atoms with Gasteiger partial charge in [0.2, 0.25) is 5.60 Å². The number of aliphatic hydroxyl groups excluding tert-OH is 2. The van der Waals surface area contributed by atoms with Gasteiger partial charge in [0.05, 0.1) is 6.42 Å². The summed E-state index contributed by atoms with van der Waals surface area (Å²) in [5.41, 5.74) is -2.95. The van der Waals surface area contributed by atoms with Crippen molar-refractivity contribution in [1.82, 2.24) is 0 Å². The number of rotatable bonds is 1. The topological polar surface area (TPSA) is 115 Å². The highest BCUT2D eigenvalue weighted by molar-refractivity contribution is 5.93. The molecule has 1 aliphatic rings. The molecule has 0 bridgehead atoms. The molecule has 1 aliphatic carbocycles. The van der Waals surface area contributed by atoms with E-state index in [0.717, 1.165) is 0 Å². The number of aliphatic hydroxyl groups is 3. The van der Waals surface area contributed by atoms with E-state index in [1.54, 1.807) is 0 Å². The molecule has 0 spiro atoms. The van der Waals surface area contributed by atoms with E-state index in [1.165, 1.54) is 0 Å². The van der Waals surface area contributed by atoms with Crippen LogP contribution in [-0.2, 0) is 9.59 Å². The van der Waals surface area contributed by atoms with Crippen LogP contribution in [0.1, 0.15) is 6.42 Å². The third kappa shape index (κ3) is 1.39. The first kappa shape index (κ1) is 11.0. The smallest absolute Gasteiger partial charge is 0.339 e. The van der Waals surface area contributed by atoms with Crippen LogP contribution in [0.4, 0.5) is 4.39 Å². The number of carboxylic acid groups (broad SMARTS) is 1. The van der Waals surface area contributed by atoms with Gasteiger partial charge in [-0.2, -0.15) is 0 Å². The zero-order valence-electron chi connectivity index (χ0n) is 6.92. The second-order valence-corrected chi connectivity index (χ2v) is 3.21. The highest BCUT2D eigenvalue weighted by Gasteiger charge is 2.57. The number of aliphatic carboxylic acids is 1. The van der Waals surface area contributed by atoms with Crippen LogP contribution in [0.15, 0.2) is 0 Å². The number of hydrogen-bond donors (Lipinski definition) is 4. The largest absolute Gasteiger partial charge is 0.479 e. The molecule has 0 aromatic rings. The van der Waals surface area contributed by atoms with Gasteiger partial charge in [-0.05, 0) is 0 Å². The van der Waals surface area contributed by atoms with Crippen molar-refractivity contribution in [2.45, 2.75) is 30.4 Å². The van der Waals surface area contributed by atoms with Crippen molar-refractivity contribution in [3.63, 3.8) is 0 Å². The number of ketones is 1. The molecule has 0 radical (unpaired) electrons.